The number of rotatable bonds is 3. The van der Waals surface area contributed by atoms with Gasteiger partial charge in [-0.15, -0.1) is 12.4 Å². The molecule has 0 aliphatic heterocycles. The summed E-state index contributed by atoms with van der Waals surface area (Å²) >= 11 is 0. The normalized spacial score (nSPS) is 20.6. The highest BCUT2D eigenvalue weighted by Crippen LogP contribution is 2.36. The number of carbonyl (C=O) groups is 1. The van der Waals surface area contributed by atoms with Crippen LogP contribution in [-0.2, 0) is 4.79 Å². The number of aliphatic hydroxyl groups is 1. The monoisotopic (exact) mass is 291 g/mol. The van der Waals surface area contributed by atoms with Crippen LogP contribution in [0.5, 0.6) is 0 Å². The Bertz CT molecular complexity index is 309. The Hall–Kier alpha value is -0.280. The van der Waals surface area contributed by atoms with Gasteiger partial charge in [0.15, 0.2) is 0 Å². The van der Waals surface area contributed by atoms with Crippen LogP contribution in [-0.4, -0.2) is 22.7 Å². The van der Waals surface area contributed by atoms with E-state index in [4.69, 9.17) is 0 Å². The Kier molecular flexibility index (Phi) is 5.92. The summed E-state index contributed by atoms with van der Waals surface area (Å²) in [4.78, 5) is 12.3. The molecular formula is C15H30ClNO2. The second-order valence-electron chi connectivity index (χ2n) is 7.60. The Morgan fingerprint density at radius 2 is 1.58 bits per heavy atom. The fourth-order valence-electron chi connectivity index (χ4n) is 2.19. The number of hydrogen-bond donors (Lipinski definition) is 2. The summed E-state index contributed by atoms with van der Waals surface area (Å²) in [7, 11) is 0. The lowest BCUT2D eigenvalue weighted by Crippen LogP contribution is -2.53. The van der Waals surface area contributed by atoms with E-state index in [1.54, 1.807) is 27.7 Å². The third-order valence-corrected chi connectivity index (χ3v) is 4.77. The summed E-state index contributed by atoms with van der Waals surface area (Å²) in [6.07, 6.45) is 4.39. The lowest BCUT2D eigenvalue weighted by Gasteiger charge is -2.39. The van der Waals surface area contributed by atoms with Crippen molar-refractivity contribution in [1.29, 1.82) is 0 Å². The number of carbonyl (C=O) groups excluding carboxylic acids is 1. The molecule has 4 heteroatoms. The smallest absolute Gasteiger partial charge is 0.228 e. The third-order valence-electron chi connectivity index (χ3n) is 4.77. The average molecular weight is 292 g/mol. The molecule has 1 fully saturated rings. The summed E-state index contributed by atoms with van der Waals surface area (Å²) in [6.45, 7) is 11.6. The Labute approximate surface area is 124 Å². The molecule has 0 spiro atoms. The second kappa shape index (κ2) is 6.01. The van der Waals surface area contributed by atoms with E-state index in [-0.39, 0.29) is 24.4 Å². The van der Waals surface area contributed by atoms with Crippen molar-refractivity contribution in [2.45, 2.75) is 78.9 Å². The van der Waals surface area contributed by atoms with Crippen LogP contribution in [0.15, 0.2) is 0 Å². The molecule has 0 aromatic heterocycles. The van der Waals surface area contributed by atoms with Crippen LogP contribution in [0.3, 0.4) is 0 Å². The third kappa shape index (κ3) is 4.64. The first-order chi connectivity index (χ1) is 7.96. The van der Waals surface area contributed by atoms with Crippen molar-refractivity contribution in [1.82, 2.24) is 5.32 Å². The molecular weight excluding hydrogens is 262 g/mol. The van der Waals surface area contributed by atoms with Gasteiger partial charge in [0, 0.05) is 6.04 Å². The predicted molar refractivity (Wildman–Crippen MR) is 81.5 cm³/mol. The van der Waals surface area contributed by atoms with Gasteiger partial charge in [-0.1, -0.05) is 13.8 Å². The Morgan fingerprint density at radius 1 is 1.16 bits per heavy atom. The standard InChI is InChI=1S/C15H29NO2.ClH/c1-13(2)9-7-11(8-10-13)16-12(17)14(3,4)15(5,6)18;/h11,18H,7-10H2,1-6H3,(H,16,17);1H. The van der Waals surface area contributed by atoms with Crippen LogP contribution < -0.4 is 5.32 Å². The molecule has 0 aromatic rings. The molecule has 3 nitrogen and oxygen atoms in total. The minimum atomic E-state index is -1.01. The van der Waals surface area contributed by atoms with Crippen LogP contribution >= 0.6 is 12.4 Å². The maximum atomic E-state index is 12.3. The van der Waals surface area contributed by atoms with Crippen LogP contribution in [0.2, 0.25) is 0 Å². The maximum Gasteiger partial charge on any atom is 0.228 e. The van der Waals surface area contributed by atoms with Gasteiger partial charge in [-0.05, 0) is 58.8 Å². The minimum Gasteiger partial charge on any atom is -0.389 e. The number of hydrogen-bond acceptors (Lipinski definition) is 2. The molecule has 0 aromatic carbocycles. The number of nitrogens with one attached hydrogen (secondary N) is 1. The number of amides is 1. The topological polar surface area (TPSA) is 49.3 Å². The molecule has 1 aliphatic carbocycles. The zero-order chi connectivity index (χ0) is 14.2. The Balaban J connectivity index is 0.00000324. The van der Waals surface area contributed by atoms with Crippen molar-refractivity contribution in [2.75, 3.05) is 0 Å². The lowest BCUT2D eigenvalue weighted by atomic mass is 9.74. The van der Waals surface area contributed by atoms with Gasteiger partial charge in [0.1, 0.15) is 0 Å². The van der Waals surface area contributed by atoms with E-state index in [1.807, 2.05) is 0 Å². The highest BCUT2D eigenvalue weighted by atomic mass is 35.5. The largest absolute Gasteiger partial charge is 0.389 e. The molecule has 1 saturated carbocycles. The zero-order valence-corrected chi connectivity index (χ0v) is 14.0. The van der Waals surface area contributed by atoms with Gasteiger partial charge in [-0.2, -0.15) is 0 Å². The summed E-state index contributed by atoms with van der Waals surface area (Å²) in [5.41, 5.74) is -1.36. The van der Waals surface area contributed by atoms with Crippen molar-refractivity contribution in [3.05, 3.63) is 0 Å². The first kappa shape index (κ1) is 18.7. The number of halogens is 1. The van der Waals surface area contributed by atoms with Crippen molar-refractivity contribution in [2.24, 2.45) is 10.8 Å². The van der Waals surface area contributed by atoms with Crippen molar-refractivity contribution >= 4 is 18.3 Å². The molecule has 0 unspecified atom stereocenters. The summed E-state index contributed by atoms with van der Waals surface area (Å²) < 4.78 is 0. The van der Waals surface area contributed by atoms with E-state index in [1.165, 1.54) is 0 Å². The fraction of sp³-hybridized carbons (Fsp3) is 0.933. The Morgan fingerprint density at radius 3 is 1.95 bits per heavy atom. The molecule has 2 N–H and O–H groups in total. The molecule has 0 atom stereocenters. The lowest BCUT2D eigenvalue weighted by molar-refractivity contribution is -0.143. The molecule has 114 valence electrons. The first-order valence-corrected chi connectivity index (χ1v) is 6.99. The molecule has 0 heterocycles. The van der Waals surface area contributed by atoms with E-state index in [2.05, 4.69) is 19.2 Å². The molecule has 0 bridgehead atoms. The maximum absolute atomic E-state index is 12.3. The van der Waals surface area contributed by atoms with Crippen LogP contribution in [0.4, 0.5) is 0 Å². The van der Waals surface area contributed by atoms with Crippen LogP contribution in [0.25, 0.3) is 0 Å². The van der Waals surface area contributed by atoms with Gasteiger partial charge in [-0.25, -0.2) is 0 Å². The van der Waals surface area contributed by atoms with Crippen LogP contribution in [0.1, 0.15) is 67.2 Å². The minimum absolute atomic E-state index is 0. The van der Waals surface area contributed by atoms with Gasteiger partial charge < -0.3 is 10.4 Å². The first-order valence-electron chi connectivity index (χ1n) is 6.99. The van der Waals surface area contributed by atoms with Crippen molar-refractivity contribution < 1.29 is 9.90 Å². The van der Waals surface area contributed by atoms with Gasteiger partial charge in [0.25, 0.3) is 0 Å². The van der Waals surface area contributed by atoms with E-state index in [0.717, 1.165) is 25.7 Å². The summed E-state index contributed by atoms with van der Waals surface area (Å²) in [5.74, 6) is -0.0419. The summed E-state index contributed by atoms with van der Waals surface area (Å²) in [5, 5.41) is 13.2. The molecule has 19 heavy (non-hydrogen) atoms. The van der Waals surface area contributed by atoms with E-state index in [0.29, 0.717) is 5.41 Å². The SMILES string of the molecule is CC1(C)CCC(NC(=O)C(C)(C)C(C)(C)O)CC1.Cl. The molecule has 0 saturated heterocycles. The fourth-order valence-corrected chi connectivity index (χ4v) is 2.19. The highest BCUT2D eigenvalue weighted by molar-refractivity contribution is 5.85. The van der Waals surface area contributed by atoms with Crippen LogP contribution in [0, 0.1) is 10.8 Å². The van der Waals surface area contributed by atoms with E-state index < -0.39 is 11.0 Å². The summed E-state index contributed by atoms with van der Waals surface area (Å²) in [6, 6.07) is 0.271. The van der Waals surface area contributed by atoms with Gasteiger partial charge in [0.2, 0.25) is 5.91 Å². The quantitative estimate of drug-likeness (QED) is 0.838. The van der Waals surface area contributed by atoms with E-state index in [9.17, 15) is 9.90 Å². The highest BCUT2D eigenvalue weighted by Gasteiger charge is 2.42. The van der Waals surface area contributed by atoms with Crippen molar-refractivity contribution in [3.63, 3.8) is 0 Å². The van der Waals surface area contributed by atoms with Gasteiger partial charge in [-0.3, -0.25) is 4.79 Å². The predicted octanol–water partition coefficient (Wildman–Crippen LogP) is 3.29. The molecule has 1 rings (SSSR count). The second-order valence-corrected chi connectivity index (χ2v) is 7.60. The molecule has 1 aliphatic rings. The van der Waals surface area contributed by atoms with Gasteiger partial charge >= 0.3 is 0 Å². The average Bonchev–Trinajstić information content (AvgIpc) is 2.19. The molecule has 0 radical (unpaired) electrons. The van der Waals surface area contributed by atoms with Gasteiger partial charge in [0.05, 0.1) is 11.0 Å². The molecule has 1 amide bonds. The van der Waals surface area contributed by atoms with E-state index >= 15 is 0 Å². The zero-order valence-electron chi connectivity index (χ0n) is 13.2. The van der Waals surface area contributed by atoms with Crippen molar-refractivity contribution in [3.8, 4) is 0 Å².